The summed E-state index contributed by atoms with van der Waals surface area (Å²) >= 11 is 0. The summed E-state index contributed by atoms with van der Waals surface area (Å²) in [5.41, 5.74) is 7.60. The Kier molecular flexibility index (Phi) is 3.88. The van der Waals surface area contributed by atoms with Gasteiger partial charge in [0, 0.05) is 37.3 Å². The van der Waals surface area contributed by atoms with Crippen LogP contribution < -0.4 is 10.5 Å². The van der Waals surface area contributed by atoms with Gasteiger partial charge in [-0.25, -0.2) is 4.39 Å². The molecule has 1 atom stereocenters. The predicted octanol–water partition coefficient (Wildman–Crippen LogP) is 2.31. The minimum Gasteiger partial charge on any atom is -0.497 e. The molecule has 1 aromatic rings. The first-order valence-electron chi connectivity index (χ1n) is 6.37. The van der Waals surface area contributed by atoms with Crippen LogP contribution in [0.3, 0.4) is 0 Å². The van der Waals surface area contributed by atoms with E-state index in [1.165, 1.54) is 6.07 Å². The molecule has 1 heterocycles. The predicted molar refractivity (Wildman–Crippen MR) is 70.0 cm³/mol. The maximum Gasteiger partial charge on any atom is 0.131 e. The van der Waals surface area contributed by atoms with Crippen LogP contribution in [0.25, 0.3) is 0 Å². The summed E-state index contributed by atoms with van der Waals surface area (Å²) in [7, 11) is 1.56. The smallest absolute Gasteiger partial charge is 0.131 e. The molecule has 1 aliphatic rings. The van der Waals surface area contributed by atoms with Gasteiger partial charge < -0.3 is 10.5 Å². The van der Waals surface area contributed by atoms with E-state index in [2.05, 4.69) is 18.7 Å². The molecule has 0 aliphatic carbocycles. The molecule has 0 spiro atoms. The van der Waals surface area contributed by atoms with E-state index in [-0.39, 0.29) is 11.9 Å². The lowest BCUT2D eigenvalue weighted by Crippen LogP contribution is -2.30. The fourth-order valence-electron chi connectivity index (χ4n) is 2.66. The van der Waals surface area contributed by atoms with Gasteiger partial charge in [-0.05, 0) is 17.5 Å². The topological polar surface area (TPSA) is 38.5 Å². The van der Waals surface area contributed by atoms with Crippen molar-refractivity contribution in [2.75, 3.05) is 20.2 Å². The zero-order chi connectivity index (χ0) is 13.3. The monoisotopic (exact) mass is 252 g/mol. The Morgan fingerprint density at radius 2 is 2.22 bits per heavy atom. The number of methoxy groups -OCH3 is 1. The van der Waals surface area contributed by atoms with Crippen LogP contribution in [0.15, 0.2) is 12.1 Å². The zero-order valence-corrected chi connectivity index (χ0v) is 11.2. The molecule has 0 radical (unpaired) electrons. The third-order valence-corrected chi connectivity index (χ3v) is 3.42. The molecule has 18 heavy (non-hydrogen) atoms. The molecule has 2 N–H and O–H groups in total. The highest BCUT2D eigenvalue weighted by molar-refractivity contribution is 5.42. The summed E-state index contributed by atoms with van der Waals surface area (Å²) < 4.78 is 19.1. The summed E-state index contributed by atoms with van der Waals surface area (Å²) in [4.78, 5) is 2.25. The summed E-state index contributed by atoms with van der Waals surface area (Å²) in [5.74, 6) is 0.920. The van der Waals surface area contributed by atoms with Crippen LogP contribution in [-0.4, -0.2) is 25.1 Å². The lowest BCUT2D eigenvalue weighted by Gasteiger charge is -2.25. The van der Waals surface area contributed by atoms with Crippen molar-refractivity contribution in [2.24, 2.45) is 11.7 Å². The van der Waals surface area contributed by atoms with Crippen molar-refractivity contribution < 1.29 is 9.13 Å². The molecule has 1 aromatic carbocycles. The second kappa shape index (κ2) is 5.24. The Labute approximate surface area is 108 Å². The van der Waals surface area contributed by atoms with Gasteiger partial charge in [0.15, 0.2) is 0 Å². The number of hydrogen-bond donors (Lipinski definition) is 1. The molecule has 1 unspecified atom stereocenters. The molecular formula is C14H21FN2O. The lowest BCUT2D eigenvalue weighted by atomic mass is 10.0. The molecule has 4 heteroatoms. The van der Waals surface area contributed by atoms with Gasteiger partial charge >= 0.3 is 0 Å². The van der Waals surface area contributed by atoms with Crippen LogP contribution in [0.4, 0.5) is 4.39 Å². The van der Waals surface area contributed by atoms with Crippen molar-refractivity contribution in [3.63, 3.8) is 0 Å². The Morgan fingerprint density at radius 3 is 2.78 bits per heavy atom. The fourth-order valence-corrected chi connectivity index (χ4v) is 2.66. The average Bonchev–Trinajstić information content (AvgIpc) is 2.66. The second-order valence-corrected chi connectivity index (χ2v) is 5.25. The minimum atomic E-state index is -0.186. The Bertz CT molecular complexity index is 434. The van der Waals surface area contributed by atoms with E-state index in [4.69, 9.17) is 10.5 Å². The quantitative estimate of drug-likeness (QED) is 0.893. The minimum absolute atomic E-state index is 0.104. The van der Waals surface area contributed by atoms with Crippen molar-refractivity contribution >= 4 is 0 Å². The maximum atomic E-state index is 14.0. The molecule has 3 nitrogen and oxygen atoms in total. The summed E-state index contributed by atoms with van der Waals surface area (Å²) in [6.07, 6.45) is 0. The van der Waals surface area contributed by atoms with Gasteiger partial charge in [0.2, 0.25) is 0 Å². The molecule has 0 amide bonds. The molecule has 0 saturated carbocycles. The SMILES string of the molecule is COc1cc(F)c2c(c1)C(CN)N(CC(C)C)C2. The molecule has 0 fully saturated rings. The normalized spacial score (nSPS) is 19.3. The van der Waals surface area contributed by atoms with Crippen LogP contribution in [0.5, 0.6) is 5.75 Å². The summed E-state index contributed by atoms with van der Waals surface area (Å²) in [5, 5.41) is 0. The average molecular weight is 252 g/mol. The van der Waals surface area contributed by atoms with Crippen LogP contribution >= 0.6 is 0 Å². The molecule has 1 aliphatic heterocycles. The Balaban J connectivity index is 2.35. The number of rotatable bonds is 4. The number of nitrogens with two attached hydrogens (primary N) is 1. The highest BCUT2D eigenvalue weighted by atomic mass is 19.1. The van der Waals surface area contributed by atoms with E-state index in [1.807, 2.05) is 6.07 Å². The van der Waals surface area contributed by atoms with Gasteiger partial charge in [-0.3, -0.25) is 4.90 Å². The van der Waals surface area contributed by atoms with Crippen molar-refractivity contribution in [1.29, 1.82) is 0 Å². The first-order chi connectivity index (χ1) is 8.56. The molecule has 0 saturated heterocycles. The molecule has 2 rings (SSSR count). The number of ether oxygens (including phenoxy) is 1. The van der Waals surface area contributed by atoms with Crippen molar-refractivity contribution in [1.82, 2.24) is 4.90 Å². The molecule has 0 bridgehead atoms. The van der Waals surface area contributed by atoms with Crippen LogP contribution in [0.2, 0.25) is 0 Å². The molecule has 100 valence electrons. The standard InChI is InChI=1S/C14H21FN2O/c1-9(2)7-17-8-12-11(14(17)6-16)4-10(18-3)5-13(12)15/h4-5,9,14H,6-8,16H2,1-3H3. The van der Waals surface area contributed by atoms with E-state index in [1.54, 1.807) is 7.11 Å². The van der Waals surface area contributed by atoms with Crippen molar-refractivity contribution in [3.8, 4) is 5.75 Å². The third kappa shape index (κ3) is 2.35. The lowest BCUT2D eigenvalue weighted by molar-refractivity contribution is 0.195. The van der Waals surface area contributed by atoms with Gasteiger partial charge in [-0.2, -0.15) is 0 Å². The largest absolute Gasteiger partial charge is 0.497 e. The third-order valence-electron chi connectivity index (χ3n) is 3.42. The van der Waals surface area contributed by atoms with E-state index >= 15 is 0 Å². The first-order valence-corrected chi connectivity index (χ1v) is 6.37. The van der Waals surface area contributed by atoms with Gasteiger partial charge in [0.1, 0.15) is 11.6 Å². The van der Waals surface area contributed by atoms with Crippen LogP contribution in [0, 0.1) is 11.7 Å². The number of hydrogen-bond acceptors (Lipinski definition) is 3. The van der Waals surface area contributed by atoms with Crippen LogP contribution in [0.1, 0.15) is 31.0 Å². The highest BCUT2D eigenvalue weighted by Crippen LogP contribution is 2.37. The van der Waals surface area contributed by atoms with Gasteiger partial charge in [0.05, 0.1) is 7.11 Å². The molecule has 0 aromatic heterocycles. The van der Waals surface area contributed by atoms with Gasteiger partial charge in [0.25, 0.3) is 0 Å². The van der Waals surface area contributed by atoms with Crippen LogP contribution in [-0.2, 0) is 6.54 Å². The van der Waals surface area contributed by atoms with Crippen molar-refractivity contribution in [2.45, 2.75) is 26.4 Å². The van der Waals surface area contributed by atoms with E-state index in [0.717, 1.165) is 17.7 Å². The number of fused-ring (bicyclic) bond motifs is 1. The van der Waals surface area contributed by atoms with E-state index < -0.39 is 0 Å². The van der Waals surface area contributed by atoms with Gasteiger partial charge in [-0.15, -0.1) is 0 Å². The number of benzene rings is 1. The second-order valence-electron chi connectivity index (χ2n) is 5.25. The summed E-state index contributed by atoms with van der Waals surface area (Å²) in [6.45, 7) is 6.40. The van der Waals surface area contributed by atoms with E-state index in [9.17, 15) is 4.39 Å². The summed E-state index contributed by atoms with van der Waals surface area (Å²) in [6, 6.07) is 3.47. The number of nitrogens with zero attached hydrogens (tertiary/aromatic N) is 1. The zero-order valence-electron chi connectivity index (χ0n) is 11.2. The highest BCUT2D eigenvalue weighted by Gasteiger charge is 2.32. The van der Waals surface area contributed by atoms with Gasteiger partial charge in [-0.1, -0.05) is 13.8 Å². The van der Waals surface area contributed by atoms with Crippen molar-refractivity contribution in [3.05, 3.63) is 29.1 Å². The maximum absolute atomic E-state index is 14.0. The van der Waals surface area contributed by atoms with E-state index in [0.29, 0.717) is 24.8 Å². The molecular weight excluding hydrogens is 231 g/mol. The fraction of sp³-hybridized carbons (Fsp3) is 0.571. The Morgan fingerprint density at radius 1 is 1.50 bits per heavy atom. The Hall–Kier alpha value is -1.13. The first kappa shape index (κ1) is 13.3. The number of halogens is 1.